The summed E-state index contributed by atoms with van der Waals surface area (Å²) in [7, 11) is 3.42. The quantitative estimate of drug-likeness (QED) is 0.846. The first kappa shape index (κ1) is 19.5. The monoisotopic (exact) mass is 388 g/mol. The molecule has 1 aliphatic heterocycles. The predicted octanol–water partition coefficient (Wildman–Crippen LogP) is 2.21. The normalized spacial score (nSPS) is 16.6. The molecule has 0 saturated carbocycles. The Labute approximate surface area is 164 Å². The van der Waals surface area contributed by atoms with Gasteiger partial charge in [-0.15, -0.1) is 0 Å². The smallest absolute Gasteiger partial charge is 0.291 e. The number of aryl methyl sites for hydroxylation is 1. The highest BCUT2D eigenvalue weighted by atomic mass is 35.5. The van der Waals surface area contributed by atoms with E-state index in [0.717, 1.165) is 42.3 Å². The Hall–Kier alpha value is -2.25. The molecule has 2 aromatic rings. The number of amides is 1. The molecule has 0 radical (unpaired) electrons. The first-order valence-electron chi connectivity index (χ1n) is 9.01. The fourth-order valence-electron chi connectivity index (χ4n) is 3.10. The maximum absolute atomic E-state index is 12.3. The van der Waals surface area contributed by atoms with Gasteiger partial charge >= 0.3 is 0 Å². The van der Waals surface area contributed by atoms with Crippen LogP contribution in [0.2, 0.25) is 5.02 Å². The van der Waals surface area contributed by atoms with E-state index in [4.69, 9.17) is 11.6 Å². The molecule has 1 saturated heterocycles. The number of rotatable bonds is 5. The molecular weight excluding hydrogens is 364 g/mol. The largest absolute Gasteiger partial charge is 0.355 e. The summed E-state index contributed by atoms with van der Waals surface area (Å²) in [5, 5.41) is 4.18. The Balaban J connectivity index is 1.69. The van der Waals surface area contributed by atoms with Gasteiger partial charge in [0.1, 0.15) is 5.82 Å². The molecular formula is C19H25ClN6O. The molecule has 1 amide bonds. The van der Waals surface area contributed by atoms with E-state index in [1.807, 2.05) is 26.0 Å². The van der Waals surface area contributed by atoms with E-state index >= 15 is 0 Å². The number of hydrogen-bond donors (Lipinski definition) is 1. The second kappa shape index (κ2) is 8.19. The number of carbonyl (C=O) groups is 1. The van der Waals surface area contributed by atoms with Crippen molar-refractivity contribution in [1.82, 2.24) is 25.2 Å². The Kier molecular flexibility index (Phi) is 5.92. The third-order valence-electron chi connectivity index (χ3n) is 4.81. The zero-order valence-corrected chi connectivity index (χ0v) is 16.9. The van der Waals surface area contributed by atoms with Crippen molar-refractivity contribution in [3.05, 3.63) is 46.1 Å². The minimum absolute atomic E-state index is 0.179. The number of nitrogens with one attached hydrogen (secondary N) is 1. The van der Waals surface area contributed by atoms with Gasteiger partial charge < -0.3 is 15.1 Å². The molecule has 1 N–H and O–H groups in total. The van der Waals surface area contributed by atoms with Crippen LogP contribution in [0.1, 0.15) is 34.0 Å². The first-order chi connectivity index (χ1) is 12.8. The molecule has 1 aliphatic rings. The molecule has 2 aromatic heterocycles. The van der Waals surface area contributed by atoms with Crippen LogP contribution in [0.3, 0.4) is 0 Å². The van der Waals surface area contributed by atoms with E-state index < -0.39 is 0 Å². The first-order valence-corrected chi connectivity index (χ1v) is 9.38. The molecule has 8 heteroatoms. The van der Waals surface area contributed by atoms with Gasteiger partial charge in [-0.3, -0.25) is 9.78 Å². The van der Waals surface area contributed by atoms with Crippen LogP contribution in [-0.4, -0.2) is 59.0 Å². The van der Waals surface area contributed by atoms with Gasteiger partial charge in [0.15, 0.2) is 0 Å². The molecule has 1 atom stereocenters. The lowest BCUT2D eigenvalue weighted by atomic mass is 10.2. The maximum atomic E-state index is 12.3. The van der Waals surface area contributed by atoms with E-state index in [9.17, 15) is 4.79 Å². The van der Waals surface area contributed by atoms with Crippen LogP contribution in [0.4, 0.5) is 5.82 Å². The summed E-state index contributed by atoms with van der Waals surface area (Å²) in [5.74, 6) is 0.920. The van der Waals surface area contributed by atoms with Crippen LogP contribution in [0.25, 0.3) is 0 Å². The minimum Gasteiger partial charge on any atom is -0.355 e. The van der Waals surface area contributed by atoms with E-state index in [2.05, 4.69) is 25.2 Å². The molecule has 1 fully saturated rings. The summed E-state index contributed by atoms with van der Waals surface area (Å²) in [4.78, 5) is 29.3. The van der Waals surface area contributed by atoms with Crippen molar-refractivity contribution in [2.45, 2.75) is 32.9 Å². The van der Waals surface area contributed by atoms with Crippen molar-refractivity contribution in [1.29, 1.82) is 0 Å². The lowest BCUT2D eigenvalue weighted by Gasteiger charge is -2.22. The van der Waals surface area contributed by atoms with Crippen molar-refractivity contribution >= 4 is 23.3 Å². The Morgan fingerprint density at radius 2 is 2.11 bits per heavy atom. The minimum atomic E-state index is -0.179. The molecule has 0 aromatic carbocycles. The SMILES string of the molecule is Cc1nc(C(=O)N(C)C)nc(N2CC[C@@H](NCc3ccc(Cl)cn3)C2)c1C. The highest BCUT2D eigenvalue weighted by molar-refractivity contribution is 6.30. The molecule has 0 spiro atoms. The van der Waals surface area contributed by atoms with Crippen LogP contribution in [0, 0.1) is 13.8 Å². The molecule has 0 bridgehead atoms. The van der Waals surface area contributed by atoms with Crippen LogP contribution in [0.15, 0.2) is 18.3 Å². The van der Waals surface area contributed by atoms with Crippen molar-refractivity contribution in [3.63, 3.8) is 0 Å². The molecule has 3 heterocycles. The fourth-order valence-corrected chi connectivity index (χ4v) is 3.21. The fraction of sp³-hybridized carbons (Fsp3) is 0.474. The molecule has 3 rings (SSSR count). The lowest BCUT2D eigenvalue weighted by molar-refractivity contribution is 0.0815. The predicted molar refractivity (Wildman–Crippen MR) is 106 cm³/mol. The van der Waals surface area contributed by atoms with Crippen LogP contribution in [0.5, 0.6) is 0 Å². The maximum Gasteiger partial charge on any atom is 0.291 e. The molecule has 144 valence electrons. The van der Waals surface area contributed by atoms with E-state index in [-0.39, 0.29) is 11.7 Å². The topological polar surface area (TPSA) is 74.2 Å². The molecule has 0 unspecified atom stereocenters. The van der Waals surface area contributed by atoms with Gasteiger partial charge in [0.25, 0.3) is 5.91 Å². The standard InChI is InChI=1S/C19H25ClN6O/c1-12-13(2)23-17(19(27)25(3)4)24-18(12)26-8-7-16(11-26)22-10-15-6-5-14(20)9-21-15/h5-6,9,16,22H,7-8,10-11H2,1-4H3/t16-/m1/s1. The Bertz CT molecular complexity index is 824. The van der Waals surface area contributed by atoms with Crippen molar-refractivity contribution in [2.24, 2.45) is 0 Å². The summed E-state index contributed by atoms with van der Waals surface area (Å²) in [5.41, 5.74) is 2.82. The Morgan fingerprint density at radius 1 is 1.33 bits per heavy atom. The van der Waals surface area contributed by atoms with Gasteiger partial charge in [-0.25, -0.2) is 9.97 Å². The summed E-state index contributed by atoms with van der Waals surface area (Å²) in [6.45, 7) is 6.35. The van der Waals surface area contributed by atoms with Crippen LogP contribution in [-0.2, 0) is 6.54 Å². The number of hydrogen-bond acceptors (Lipinski definition) is 6. The van der Waals surface area contributed by atoms with Crippen molar-refractivity contribution in [2.75, 3.05) is 32.1 Å². The average molecular weight is 389 g/mol. The van der Waals surface area contributed by atoms with Crippen LogP contribution < -0.4 is 10.2 Å². The van der Waals surface area contributed by atoms with E-state index in [1.165, 1.54) is 4.90 Å². The van der Waals surface area contributed by atoms with E-state index in [1.54, 1.807) is 20.3 Å². The number of halogens is 1. The van der Waals surface area contributed by atoms with Gasteiger partial charge in [-0.2, -0.15) is 0 Å². The highest BCUT2D eigenvalue weighted by Crippen LogP contribution is 2.24. The molecule has 27 heavy (non-hydrogen) atoms. The summed E-state index contributed by atoms with van der Waals surface area (Å²) >= 11 is 5.88. The summed E-state index contributed by atoms with van der Waals surface area (Å²) in [6, 6.07) is 4.12. The van der Waals surface area contributed by atoms with Gasteiger partial charge in [-0.05, 0) is 32.4 Å². The third kappa shape index (κ3) is 4.54. The van der Waals surface area contributed by atoms with Crippen molar-refractivity contribution < 1.29 is 4.79 Å². The zero-order valence-electron chi connectivity index (χ0n) is 16.2. The second-order valence-electron chi connectivity index (χ2n) is 7.06. The Morgan fingerprint density at radius 3 is 2.78 bits per heavy atom. The molecule has 0 aliphatic carbocycles. The average Bonchev–Trinajstić information content (AvgIpc) is 3.11. The van der Waals surface area contributed by atoms with Crippen molar-refractivity contribution in [3.8, 4) is 0 Å². The number of carbonyl (C=O) groups excluding carboxylic acids is 1. The summed E-state index contributed by atoms with van der Waals surface area (Å²) < 4.78 is 0. The number of nitrogens with zero attached hydrogens (tertiary/aromatic N) is 5. The van der Waals surface area contributed by atoms with Crippen LogP contribution >= 0.6 is 11.6 Å². The molecule has 7 nitrogen and oxygen atoms in total. The van der Waals surface area contributed by atoms with Gasteiger partial charge in [0, 0.05) is 57.2 Å². The number of pyridine rings is 1. The second-order valence-corrected chi connectivity index (χ2v) is 7.50. The van der Waals surface area contributed by atoms with Gasteiger partial charge in [-0.1, -0.05) is 11.6 Å². The van der Waals surface area contributed by atoms with Gasteiger partial charge in [0.05, 0.1) is 10.7 Å². The lowest BCUT2D eigenvalue weighted by Crippen LogP contribution is -2.33. The third-order valence-corrected chi connectivity index (χ3v) is 5.03. The van der Waals surface area contributed by atoms with Gasteiger partial charge in [0.2, 0.25) is 5.82 Å². The zero-order chi connectivity index (χ0) is 19.6. The summed E-state index contributed by atoms with van der Waals surface area (Å²) in [6.07, 6.45) is 2.67. The number of anilines is 1. The van der Waals surface area contributed by atoms with E-state index in [0.29, 0.717) is 17.6 Å². The number of aromatic nitrogens is 3. The highest BCUT2D eigenvalue weighted by Gasteiger charge is 2.26.